The Morgan fingerprint density at radius 1 is 1.03 bits per heavy atom. The first-order valence-corrected chi connectivity index (χ1v) is 13.2. The van der Waals surface area contributed by atoms with Gasteiger partial charge in [-0.2, -0.15) is 5.10 Å². The number of ether oxygens (including phenoxy) is 1. The molecule has 0 saturated heterocycles. The Kier molecular flexibility index (Phi) is 7.31. The molecule has 5 rings (SSSR count). The number of fused-ring (bicyclic) bond motifs is 1. The zero-order chi connectivity index (χ0) is 26.8. The van der Waals surface area contributed by atoms with Crippen LogP contribution in [0.25, 0.3) is 22.0 Å². The monoisotopic (exact) mass is 633 g/mol. The zero-order valence-electron chi connectivity index (χ0n) is 20.3. The molecule has 0 atom stereocenters. The summed E-state index contributed by atoms with van der Waals surface area (Å²) in [7, 11) is 0. The summed E-state index contributed by atoms with van der Waals surface area (Å²) in [5.74, 6) is -0.771. The number of aromatic nitrogens is 1. The number of amides is 1. The number of esters is 1. The van der Waals surface area contributed by atoms with E-state index in [1.54, 1.807) is 18.2 Å². The summed E-state index contributed by atoms with van der Waals surface area (Å²) in [6.07, 6.45) is 2.81. The van der Waals surface area contributed by atoms with Gasteiger partial charge < -0.3 is 14.1 Å². The fourth-order valence-electron chi connectivity index (χ4n) is 4.27. The van der Waals surface area contributed by atoms with E-state index in [4.69, 9.17) is 9.15 Å². The van der Waals surface area contributed by atoms with Crippen molar-refractivity contribution in [1.82, 2.24) is 10.4 Å². The van der Waals surface area contributed by atoms with Gasteiger partial charge in [-0.3, -0.25) is 4.79 Å². The Labute approximate surface area is 235 Å². The van der Waals surface area contributed by atoms with Crippen LogP contribution in [0.5, 0.6) is 5.75 Å². The van der Waals surface area contributed by atoms with Gasteiger partial charge in [0, 0.05) is 26.5 Å². The largest absolute Gasteiger partial charge is 0.457 e. The average molecular weight is 635 g/mol. The van der Waals surface area contributed by atoms with Gasteiger partial charge in [0.25, 0.3) is 5.91 Å². The number of nitrogens with one attached hydrogen (secondary N) is 2. The molecule has 38 heavy (non-hydrogen) atoms. The maximum atomic E-state index is 13.4. The van der Waals surface area contributed by atoms with E-state index in [2.05, 4.69) is 59.5 Å². The second kappa shape index (κ2) is 10.8. The van der Waals surface area contributed by atoms with Gasteiger partial charge in [-0.05, 0) is 71.2 Å². The molecule has 0 aliphatic carbocycles. The van der Waals surface area contributed by atoms with Crippen LogP contribution < -0.4 is 10.2 Å². The van der Waals surface area contributed by atoms with Crippen LogP contribution >= 0.6 is 31.9 Å². The molecule has 0 fully saturated rings. The molecule has 3 aromatic carbocycles. The summed E-state index contributed by atoms with van der Waals surface area (Å²) in [4.78, 5) is 29.1. The number of nitrogens with zero attached hydrogens (tertiary/aromatic N) is 1. The van der Waals surface area contributed by atoms with Crippen molar-refractivity contribution in [2.75, 3.05) is 0 Å². The van der Waals surface area contributed by atoms with Gasteiger partial charge in [0.15, 0.2) is 5.75 Å². The third kappa shape index (κ3) is 5.20. The fourth-order valence-corrected chi connectivity index (χ4v) is 5.60. The minimum Gasteiger partial charge on any atom is -0.457 e. The molecule has 0 spiro atoms. The number of aromatic amines is 1. The third-order valence-electron chi connectivity index (χ3n) is 5.86. The second-order valence-corrected chi connectivity index (χ2v) is 10.4. The molecule has 0 bridgehead atoms. The number of rotatable bonds is 6. The molecule has 5 aromatic rings. The Hall–Kier alpha value is -3.95. The first-order valence-electron chi connectivity index (χ1n) is 11.6. The molecule has 0 radical (unpaired) electrons. The number of carbonyl (C=O) groups excluding carboxylic acids is 2. The van der Waals surface area contributed by atoms with E-state index in [1.807, 2.05) is 44.2 Å². The zero-order valence-corrected chi connectivity index (χ0v) is 23.5. The van der Waals surface area contributed by atoms with Crippen LogP contribution in [0.4, 0.5) is 0 Å². The summed E-state index contributed by atoms with van der Waals surface area (Å²) in [6, 6.07) is 20.5. The molecule has 0 unspecified atom stereocenters. The summed E-state index contributed by atoms with van der Waals surface area (Å²) in [6.45, 7) is 4.04. The average Bonchev–Trinajstić information content (AvgIpc) is 3.55. The highest BCUT2D eigenvalue weighted by Crippen LogP contribution is 2.35. The van der Waals surface area contributed by atoms with Crippen LogP contribution in [0.1, 0.15) is 37.7 Å². The minimum absolute atomic E-state index is 0.0637. The molecule has 1 amide bonds. The standard InChI is InChI=1S/C29H21Br2N3O4/c1-16-11-17(2)25-21(12-16)24(18-7-4-3-5-8-18)26(33-25)28(35)34-32-15-19-13-20(30)14-22(31)27(19)38-29(36)23-9-6-10-37-23/h3-15,33H,1-2H3,(H,34,35). The molecular weight excluding hydrogens is 614 g/mol. The molecule has 9 heteroatoms. The van der Waals surface area contributed by atoms with E-state index < -0.39 is 11.9 Å². The molecule has 0 aliphatic rings. The first-order chi connectivity index (χ1) is 18.3. The van der Waals surface area contributed by atoms with E-state index in [9.17, 15) is 9.59 Å². The lowest BCUT2D eigenvalue weighted by atomic mass is 9.99. The topological polar surface area (TPSA) is 96.7 Å². The van der Waals surface area contributed by atoms with Gasteiger partial charge in [0.05, 0.1) is 17.0 Å². The van der Waals surface area contributed by atoms with Crippen LogP contribution in [0, 0.1) is 13.8 Å². The quantitative estimate of drug-likeness (QED) is 0.0872. The SMILES string of the molecule is Cc1cc(C)c2[nH]c(C(=O)NN=Cc3cc(Br)cc(Br)c3OC(=O)c3ccco3)c(-c3ccccc3)c2c1. The lowest BCUT2D eigenvalue weighted by Gasteiger charge is -2.09. The van der Waals surface area contributed by atoms with Crippen molar-refractivity contribution in [1.29, 1.82) is 0 Å². The number of hydrazone groups is 1. The molecule has 2 heterocycles. The maximum Gasteiger partial charge on any atom is 0.379 e. The van der Waals surface area contributed by atoms with Crippen LogP contribution in [0.2, 0.25) is 0 Å². The van der Waals surface area contributed by atoms with E-state index in [0.29, 0.717) is 15.7 Å². The summed E-state index contributed by atoms with van der Waals surface area (Å²) >= 11 is 6.86. The Bertz CT molecular complexity index is 1690. The molecule has 0 aliphatic heterocycles. The molecule has 190 valence electrons. The van der Waals surface area contributed by atoms with E-state index in [0.717, 1.165) is 37.6 Å². The number of halogens is 2. The predicted molar refractivity (Wildman–Crippen MR) is 154 cm³/mol. The lowest BCUT2D eigenvalue weighted by molar-refractivity contribution is 0.0699. The number of benzene rings is 3. The molecular formula is C29H21Br2N3O4. The van der Waals surface area contributed by atoms with Crippen molar-refractivity contribution in [3.05, 3.63) is 110 Å². The maximum absolute atomic E-state index is 13.4. The normalized spacial score (nSPS) is 11.3. The predicted octanol–water partition coefficient (Wildman–Crippen LogP) is 7.55. The van der Waals surface area contributed by atoms with Gasteiger partial charge in [-0.1, -0.05) is 57.9 Å². The van der Waals surface area contributed by atoms with Crippen molar-refractivity contribution < 1.29 is 18.7 Å². The van der Waals surface area contributed by atoms with Gasteiger partial charge in [0.1, 0.15) is 5.69 Å². The van der Waals surface area contributed by atoms with E-state index in [1.165, 1.54) is 18.5 Å². The number of H-pyrrole nitrogens is 1. The number of hydrogen-bond acceptors (Lipinski definition) is 5. The van der Waals surface area contributed by atoms with E-state index in [-0.39, 0.29) is 11.5 Å². The van der Waals surface area contributed by atoms with Crippen molar-refractivity contribution in [3.63, 3.8) is 0 Å². The van der Waals surface area contributed by atoms with Gasteiger partial charge in [-0.25, -0.2) is 10.2 Å². The number of furan rings is 1. The molecule has 0 saturated carbocycles. The van der Waals surface area contributed by atoms with Crippen LogP contribution in [0.3, 0.4) is 0 Å². The highest BCUT2D eigenvalue weighted by atomic mass is 79.9. The van der Waals surface area contributed by atoms with Gasteiger partial charge in [-0.15, -0.1) is 0 Å². The van der Waals surface area contributed by atoms with Crippen LogP contribution in [-0.2, 0) is 0 Å². The van der Waals surface area contributed by atoms with Crippen molar-refractivity contribution in [2.45, 2.75) is 13.8 Å². The lowest BCUT2D eigenvalue weighted by Crippen LogP contribution is -2.19. The van der Waals surface area contributed by atoms with Gasteiger partial charge >= 0.3 is 5.97 Å². The highest BCUT2D eigenvalue weighted by molar-refractivity contribution is 9.11. The van der Waals surface area contributed by atoms with Crippen molar-refractivity contribution >= 4 is 60.9 Å². The summed E-state index contributed by atoms with van der Waals surface area (Å²) in [5, 5.41) is 5.14. The van der Waals surface area contributed by atoms with E-state index >= 15 is 0 Å². The number of carbonyl (C=O) groups is 2. The van der Waals surface area contributed by atoms with Gasteiger partial charge in [0.2, 0.25) is 5.76 Å². The van der Waals surface area contributed by atoms with Crippen molar-refractivity contribution in [2.24, 2.45) is 5.10 Å². The Morgan fingerprint density at radius 3 is 2.55 bits per heavy atom. The van der Waals surface area contributed by atoms with Crippen LogP contribution in [-0.4, -0.2) is 23.1 Å². The summed E-state index contributed by atoms with van der Waals surface area (Å²) < 4.78 is 11.9. The molecule has 2 N–H and O–H groups in total. The first kappa shape index (κ1) is 25.7. The fraction of sp³-hybridized carbons (Fsp3) is 0.0690. The summed E-state index contributed by atoms with van der Waals surface area (Å²) in [5.41, 5.74) is 8.23. The Morgan fingerprint density at radius 2 is 1.82 bits per heavy atom. The third-order valence-corrected chi connectivity index (χ3v) is 6.91. The second-order valence-electron chi connectivity index (χ2n) is 8.62. The number of hydrogen-bond donors (Lipinski definition) is 2. The molecule has 2 aromatic heterocycles. The highest BCUT2D eigenvalue weighted by Gasteiger charge is 2.21. The van der Waals surface area contributed by atoms with Crippen LogP contribution in [0.15, 0.2) is 91.5 Å². The van der Waals surface area contributed by atoms with Crippen molar-refractivity contribution in [3.8, 4) is 16.9 Å². The molecule has 7 nitrogen and oxygen atoms in total. The Balaban J connectivity index is 1.47. The smallest absolute Gasteiger partial charge is 0.379 e. The minimum atomic E-state index is -0.659. The number of aryl methyl sites for hydroxylation is 2.